The molecule has 200 valence electrons. The lowest BCUT2D eigenvalue weighted by Gasteiger charge is -2.27. The van der Waals surface area contributed by atoms with Crippen molar-refractivity contribution >= 4 is 18.0 Å². The molecular weight excluding hydrogens is 500 g/mol. The molecule has 0 unspecified atom stereocenters. The number of esters is 1. The molecular formula is C24H26F4N4O5. The van der Waals surface area contributed by atoms with E-state index in [4.69, 9.17) is 9.47 Å². The lowest BCUT2D eigenvalue weighted by atomic mass is 10.0. The monoisotopic (exact) mass is 526 g/mol. The van der Waals surface area contributed by atoms with Gasteiger partial charge in [0.2, 0.25) is 5.91 Å². The molecule has 3 rings (SSSR count). The summed E-state index contributed by atoms with van der Waals surface area (Å²) in [6, 6.07) is 2.22. The second-order valence-electron chi connectivity index (χ2n) is 9.34. The number of methoxy groups -OCH3 is 1. The Morgan fingerprint density at radius 2 is 1.84 bits per heavy atom. The first-order valence-electron chi connectivity index (χ1n) is 11.2. The van der Waals surface area contributed by atoms with Crippen LogP contribution in [-0.2, 0) is 27.0 Å². The number of nitrogens with one attached hydrogen (secondary N) is 1. The molecule has 0 aliphatic carbocycles. The molecule has 37 heavy (non-hydrogen) atoms. The third kappa shape index (κ3) is 6.92. The van der Waals surface area contributed by atoms with Crippen LogP contribution in [0.3, 0.4) is 0 Å². The molecule has 3 heterocycles. The Bertz CT molecular complexity index is 1170. The van der Waals surface area contributed by atoms with Crippen LogP contribution in [0.4, 0.5) is 22.4 Å². The lowest BCUT2D eigenvalue weighted by molar-refractivity contribution is -0.141. The summed E-state index contributed by atoms with van der Waals surface area (Å²) < 4.78 is 62.7. The summed E-state index contributed by atoms with van der Waals surface area (Å²) in [5.74, 6) is -1.41. The van der Waals surface area contributed by atoms with Gasteiger partial charge in [0.15, 0.2) is 0 Å². The number of nitrogens with zero attached hydrogens (tertiary/aromatic N) is 3. The number of amides is 2. The summed E-state index contributed by atoms with van der Waals surface area (Å²) in [4.78, 5) is 46.0. The van der Waals surface area contributed by atoms with Crippen molar-refractivity contribution in [2.75, 3.05) is 13.7 Å². The van der Waals surface area contributed by atoms with Gasteiger partial charge in [0.05, 0.1) is 31.5 Å². The second-order valence-corrected chi connectivity index (χ2v) is 9.34. The second kappa shape index (κ2) is 10.7. The fraction of sp³-hybridized carbons (Fsp3) is 0.458. The fourth-order valence-electron chi connectivity index (χ4n) is 3.68. The van der Waals surface area contributed by atoms with Gasteiger partial charge in [-0.2, -0.15) is 13.2 Å². The van der Waals surface area contributed by atoms with Gasteiger partial charge < -0.3 is 14.8 Å². The van der Waals surface area contributed by atoms with Crippen LogP contribution in [0.2, 0.25) is 0 Å². The number of alkyl halides is 4. The summed E-state index contributed by atoms with van der Waals surface area (Å²) in [7, 11) is 1.14. The van der Waals surface area contributed by atoms with Gasteiger partial charge in [-0.25, -0.2) is 14.0 Å². The molecule has 9 nitrogen and oxygen atoms in total. The van der Waals surface area contributed by atoms with E-state index in [1.165, 1.54) is 12.3 Å². The minimum absolute atomic E-state index is 0.0219. The smallest absolute Gasteiger partial charge is 0.433 e. The predicted molar refractivity (Wildman–Crippen MR) is 122 cm³/mol. The van der Waals surface area contributed by atoms with Crippen LogP contribution in [-0.4, -0.2) is 64.3 Å². The van der Waals surface area contributed by atoms with Crippen LogP contribution >= 0.6 is 0 Å². The molecule has 0 spiro atoms. The number of carbonyl (C=O) groups is 3. The van der Waals surface area contributed by atoms with Gasteiger partial charge >= 0.3 is 18.2 Å². The predicted octanol–water partition coefficient (Wildman–Crippen LogP) is 3.91. The Hall–Kier alpha value is -3.77. The quantitative estimate of drug-likeness (QED) is 0.465. The van der Waals surface area contributed by atoms with Crippen LogP contribution in [0.1, 0.15) is 48.9 Å². The molecule has 1 saturated heterocycles. The SMILES string of the molecule is COC(=O)c1cnc(CNC(=O)[C@@H]2C[C@@H](F)CN2C(=O)OC(C)(C)C)cc1-c1ccc(C(F)(F)F)nc1. The molecule has 13 heteroatoms. The van der Waals surface area contributed by atoms with Gasteiger partial charge in [-0.1, -0.05) is 6.07 Å². The minimum atomic E-state index is -4.64. The minimum Gasteiger partial charge on any atom is -0.465 e. The van der Waals surface area contributed by atoms with Gasteiger partial charge in [0.25, 0.3) is 0 Å². The van der Waals surface area contributed by atoms with Crippen molar-refractivity contribution in [1.82, 2.24) is 20.2 Å². The molecule has 1 aliphatic heterocycles. The van der Waals surface area contributed by atoms with E-state index in [0.717, 1.165) is 30.3 Å². The number of hydrogen-bond donors (Lipinski definition) is 1. The van der Waals surface area contributed by atoms with Crippen molar-refractivity contribution in [3.63, 3.8) is 0 Å². The summed E-state index contributed by atoms with van der Waals surface area (Å²) in [5, 5.41) is 2.58. The maximum absolute atomic E-state index is 14.1. The first-order chi connectivity index (χ1) is 17.2. The number of pyridine rings is 2. The molecule has 1 aliphatic rings. The summed E-state index contributed by atoms with van der Waals surface area (Å²) in [6.45, 7) is 4.49. The van der Waals surface area contributed by atoms with E-state index in [2.05, 4.69) is 15.3 Å². The first kappa shape index (κ1) is 27.8. The lowest BCUT2D eigenvalue weighted by Crippen LogP contribution is -2.47. The van der Waals surface area contributed by atoms with Crippen molar-refractivity contribution in [2.45, 2.75) is 57.7 Å². The average molecular weight is 526 g/mol. The van der Waals surface area contributed by atoms with Crippen molar-refractivity contribution in [3.8, 4) is 11.1 Å². The number of ether oxygens (including phenoxy) is 2. The third-order valence-electron chi connectivity index (χ3n) is 5.36. The highest BCUT2D eigenvalue weighted by Crippen LogP contribution is 2.30. The van der Waals surface area contributed by atoms with Gasteiger partial charge in [0.1, 0.15) is 23.5 Å². The molecule has 0 aromatic carbocycles. The summed E-state index contributed by atoms with van der Waals surface area (Å²) in [5.41, 5.74) is -1.33. The molecule has 2 aromatic rings. The molecule has 2 aromatic heterocycles. The molecule has 0 saturated carbocycles. The van der Waals surface area contributed by atoms with Crippen molar-refractivity contribution in [1.29, 1.82) is 0 Å². The van der Waals surface area contributed by atoms with Crippen molar-refractivity contribution in [2.24, 2.45) is 0 Å². The molecule has 0 radical (unpaired) electrons. The van der Waals surface area contributed by atoms with Crippen LogP contribution < -0.4 is 5.32 Å². The van der Waals surface area contributed by atoms with E-state index in [9.17, 15) is 31.9 Å². The normalized spacial score (nSPS) is 17.9. The molecule has 2 amide bonds. The molecule has 2 atom stereocenters. The van der Waals surface area contributed by atoms with Crippen LogP contribution in [0.25, 0.3) is 11.1 Å². The van der Waals surface area contributed by atoms with E-state index < -0.39 is 47.7 Å². The van der Waals surface area contributed by atoms with E-state index >= 15 is 0 Å². The Morgan fingerprint density at radius 1 is 1.14 bits per heavy atom. The zero-order valence-electron chi connectivity index (χ0n) is 20.6. The van der Waals surface area contributed by atoms with Gasteiger partial charge in [-0.15, -0.1) is 0 Å². The van der Waals surface area contributed by atoms with Crippen LogP contribution in [0.15, 0.2) is 30.6 Å². The average Bonchev–Trinajstić information content (AvgIpc) is 3.22. The summed E-state index contributed by atoms with van der Waals surface area (Å²) >= 11 is 0. The number of aromatic nitrogens is 2. The molecule has 0 bridgehead atoms. The fourth-order valence-corrected chi connectivity index (χ4v) is 3.68. The van der Waals surface area contributed by atoms with E-state index in [1.807, 2.05) is 0 Å². The zero-order valence-corrected chi connectivity index (χ0v) is 20.6. The van der Waals surface area contributed by atoms with Crippen molar-refractivity contribution in [3.05, 3.63) is 47.5 Å². The van der Waals surface area contributed by atoms with Gasteiger partial charge in [-0.05, 0) is 32.9 Å². The number of likely N-dealkylation sites (tertiary alicyclic amines) is 1. The number of hydrogen-bond acceptors (Lipinski definition) is 7. The first-order valence-corrected chi connectivity index (χ1v) is 11.2. The van der Waals surface area contributed by atoms with Crippen LogP contribution in [0, 0.1) is 0 Å². The Balaban J connectivity index is 1.80. The summed E-state index contributed by atoms with van der Waals surface area (Å²) in [6.07, 6.45) is -4.93. The molecule has 1 N–H and O–H groups in total. The Labute approximate surface area is 210 Å². The molecule has 1 fully saturated rings. The zero-order chi connectivity index (χ0) is 27.5. The van der Waals surface area contributed by atoms with E-state index in [1.54, 1.807) is 20.8 Å². The Kier molecular flexibility index (Phi) is 8.03. The van der Waals surface area contributed by atoms with E-state index in [0.29, 0.717) is 0 Å². The van der Waals surface area contributed by atoms with Crippen molar-refractivity contribution < 1.29 is 41.4 Å². The van der Waals surface area contributed by atoms with Crippen LogP contribution in [0.5, 0.6) is 0 Å². The highest BCUT2D eigenvalue weighted by molar-refractivity contribution is 5.97. The topological polar surface area (TPSA) is 111 Å². The maximum Gasteiger partial charge on any atom is 0.433 e. The largest absolute Gasteiger partial charge is 0.465 e. The van der Waals surface area contributed by atoms with Gasteiger partial charge in [-0.3, -0.25) is 19.7 Å². The number of carbonyl (C=O) groups excluding carboxylic acids is 3. The third-order valence-corrected chi connectivity index (χ3v) is 5.36. The van der Waals surface area contributed by atoms with Gasteiger partial charge in [0, 0.05) is 29.9 Å². The van der Waals surface area contributed by atoms with E-state index in [-0.39, 0.29) is 41.9 Å². The number of halogens is 4. The maximum atomic E-state index is 14.1. The highest BCUT2D eigenvalue weighted by atomic mass is 19.4. The highest BCUT2D eigenvalue weighted by Gasteiger charge is 2.41. The standard InChI is InChI=1S/C24H26F4N4O5/c1-23(2,3)37-22(35)32-12-14(25)7-18(32)20(33)31-10-15-8-16(17(11-29-15)21(34)36-4)13-5-6-19(30-9-13)24(26,27)28/h5-6,8-9,11,14,18H,7,10,12H2,1-4H3,(H,31,33)/t14-,18+/m1/s1. The Morgan fingerprint density at radius 3 is 2.41 bits per heavy atom. The number of rotatable bonds is 5.